The van der Waals surface area contributed by atoms with E-state index >= 15 is 0 Å². The van der Waals surface area contributed by atoms with Crippen molar-refractivity contribution in [1.82, 2.24) is 14.5 Å². The van der Waals surface area contributed by atoms with Gasteiger partial charge in [0.2, 0.25) is 0 Å². The number of aromatic nitrogens is 2. The van der Waals surface area contributed by atoms with Crippen molar-refractivity contribution in [2.45, 2.75) is 12.6 Å². The molecule has 1 aromatic rings. The van der Waals surface area contributed by atoms with Crippen LogP contribution in [0.5, 0.6) is 0 Å². The summed E-state index contributed by atoms with van der Waals surface area (Å²) < 4.78 is 4.44. The highest BCUT2D eigenvalue weighted by Crippen LogP contribution is 2.20. The number of hydrogen-bond acceptors (Lipinski definition) is 5. The van der Waals surface area contributed by atoms with Gasteiger partial charge in [-0.2, -0.15) is 0 Å². The highest BCUT2D eigenvalue weighted by molar-refractivity contribution is 7.10. The van der Waals surface area contributed by atoms with E-state index in [1.54, 1.807) is 0 Å². The van der Waals surface area contributed by atoms with Gasteiger partial charge in [0.15, 0.2) is 0 Å². The first-order valence-corrected chi connectivity index (χ1v) is 4.85. The molecule has 6 heteroatoms. The lowest BCUT2D eigenvalue weighted by atomic mass is 10.1. The van der Waals surface area contributed by atoms with E-state index in [1.807, 2.05) is 0 Å². The number of nitrogens with zero attached hydrogens (tertiary/aromatic N) is 3. The SMILES string of the molecule is NC1CN(Cc2nnsc2Cl)C1. The van der Waals surface area contributed by atoms with Gasteiger partial charge in [-0.15, -0.1) is 5.10 Å². The van der Waals surface area contributed by atoms with Crippen molar-refractivity contribution in [2.75, 3.05) is 13.1 Å². The lowest BCUT2D eigenvalue weighted by molar-refractivity contribution is 0.140. The van der Waals surface area contributed by atoms with Crippen LogP contribution in [-0.2, 0) is 6.54 Å². The van der Waals surface area contributed by atoms with Crippen LogP contribution in [0, 0.1) is 0 Å². The summed E-state index contributed by atoms with van der Waals surface area (Å²) in [5, 5.41) is 3.92. The zero-order valence-electron chi connectivity index (χ0n) is 6.40. The van der Waals surface area contributed by atoms with E-state index in [1.165, 1.54) is 11.5 Å². The third-order valence-electron chi connectivity index (χ3n) is 1.87. The van der Waals surface area contributed by atoms with Gasteiger partial charge in [-0.25, -0.2) is 0 Å². The summed E-state index contributed by atoms with van der Waals surface area (Å²) in [6, 6.07) is 0.329. The Morgan fingerprint density at radius 1 is 1.67 bits per heavy atom. The fourth-order valence-electron chi connectivity index (χ4n) is 1.24. The minimum atomic E-state index is 0.329. The van der Waals surface area contributed by atoms with Crippen LogP contribution in [0.1, 0.15) is 5.69 Å². The Kier molecular flexibility index (Phi) is 2.27. The molecule has 1 aromatic heterocycles. The van der Waals surface area contributed by atoms with E-state index < -0.39 is 0 Å². The van der Waals surface area contributed by atoms with Crippen molar-refractivity contribution in [2.24, 2.45) is 5.73 Å². The minimum absolute atomic E-state index is 0.329. The second-order valence-electron chi connectivity index (χ2n) is 2.95. The summed E-state index contributed by atoms with van der Waals surface area (Å²) in [5.74, 6) is 0. The maximum absolute atomic E-state index is 5.84. The average Bonchev–Trinajstić information content (AvgIpc) is 2.33. The fourth-order valence-corrected chi connectivity index (χ4v) is 1.85. The van der Waals surface area contributed by atoms with Gasteiger partial charge in [0.25, 0.3) is 0 Å². The number of nitrogens with two attached hydrogens (primary N) is 1. The first-order valence-electron chi connectivity index (χ1n) is 3.70. The van der Waals surface area contributed by atoms with Gasteiger partial charge in [-0.1, -0.05) is 16.1 Å². The second-order valence-corrected chi connectivity index (χ2v) is 4.30. The molecule has 0 unspecified atom stereocenters. The van der Waals surface area contributed by atoms with Gasteiger partial charge in [-0.05, 0) is 0 Å². The van der Waals surface area contributed by atoms with Crippen LogP contribution in [0.15, 0.2) is 0 Å². The minimum Gasteiger partial charge on any atom is -0.325 e. The zero-order chi connectivity index (χ0) is 8.55. The summed E-state index contributed by atoms with van der Waals surface area (Å²) >= 11 is 7.07. The van der Waals surface area contributed by atoms with Crippen LogP contribution in [-0.4, -0.2) is 33.6 Å². The molecule has 0 saturated carbocycles. The largest absolute Gasteiger partial charge is 0.325 e. The zero-order valence-corrected chi connectivity index (χ0v) is 7.98. The summed E-state index contributed by atoms with van der Waals surface area (Å²) in [6.45, 7) is 2.66. The summed E-state index contributed by atoms with van der Waals surface area (Å²) in [4.78, 5) is 2.20. The van der Waals surface area contributed by atoms with Crippen molar-refractivity contribution in [3.63, 3.8) is 0 Å². The predicted molar refractivity (Wildman–Crippen MR) is 48.2 cm³/mol. The van der Waals surface area contributed by atoms with Crippen molar-refractivity contribution < 1.29 is 0 Å². The van der Waals surface area contributed by atoms with Crippen LogP contribution in [0.4, 0.5) is 0 Å². The monoisotopic (exact) mass is 204 g/mol. The van der Waals surface area contributed by atoms with Gasteiger partial charge >= 0.3 is 0 Å². The summed E-state index contributed by atoms with van der Waals surface area (Å²) in [5.41, 5.74) is 6.50. The van der Waals surface area contributed by atoms with Gasteiger partial charge in [0, 0.05) is 37.2 Å². The lowest BCUT2D eigenvalue weighted by Crippen LogP contribution is -2.54. The van der Waals surface area contributed by atoms with Crippen molar-refractivity contribution in [3.05, 3.63) is 10.0 Å². The maximum Gasteiger partial charge on any atom is 0.138 e. The van der Waals surface area contributed by atoms with Gasteiger partial charge < -0.3 is 5.73 Å². The first-order chi connectivity index (χ1) is 5.75. The van der Waals surface area contributed by atoms with E-state index in [2.05, 4.69) is 14.5 Å². The number of halogens is 1. The molecule has 2 N–H and O–H groups in total. The molecular weight excluding hydrogens is 196 g/mol. The molecule has 0 radical (unpaired) electrons. The van der Waals surface area contributed by atoms with Crippen LogP contribution in [0.3, 0.4) is 0 Å². The molecule has 0 aromatic carbocycles. The average molecular weight is 205 g/mol. The third-order valence-corrected chi connectivity index (χ3v) is 2.85. The molecule has 2 rings (SSSR count). The topological polar surface area (TPSA) is 55.0 Å². The third kappa shape index (κ3) is 1.59. The van der Waals surface area contributed by atoms with Gasteiger partial charge in [0.1, 0.15) is 10.0 Å². The van der Waals surface area contributed by atoms with E-state index in [0.29, 0.717) is 10.4 Å². The number of rotatable bonds is 2. The van der Waals surface area contributed by atoms with E-state index in [-0.39, 0.29) is 0 Å². The van der Waals surface area contributed by atoms with Crippen molar-refractivity contribution >= 4 is 23.1 Å². The molecule has 0 spiro atoms. The molecule has 4 nitrogen and oxygen atoms in total. The maximum atomic E-state index is 5.84. The molecule has 1 fully saturated rings. The Labute approximate surface area is 79.5 Å². The molecule has 1 aliphatic heterocycles. The molecule has 0 amide bonds. The summed E-state index contributed by atoms with van der Waals surface area (Å²) in [7, 11) is 0. The molecule has 0 aliphatic carbocycles. The Hall–Kier alpha value is -0.230. The standard InChI is InChI=1S/C6H9ClN4S/c7-6-5(9-10-12-6)3-11-1-4(8)2-11/h4H,1-3,8H2. The normalized spacial score (nSPS) is 19.5. The van der Waals surface area contributed by atoms with Crippen LogP contribution >= 0.6 is 23.1 Å². The molecule has 66 valence electrons. The van der Waals surface area contributed by atoms with Crippen molar-refractivity contribution in [1.29, 1.82) is 0 Å². The van der Waals surface area contributed by atoms with Crippen LogP contribution in [0.25, 0.3) is 0 Å². The molecule has 0 atom stereocenters. The van der Waals surface area contributed by atoms with E-state index in [0.717, 1.165) is 25.3 Å². The lowest BCUT2D eigenvalue weighted by Gasteiger charge is -2.36. The Balaban J connectivity index is 1.92. The van der Waals surface area contributed by atoms with Gasteiger partial charge in [-0.3, -0.25) is 4.90 Å². The first kappa shape index (κ1) is 8.37. The van der Waals surface area contributed by atoms with Crippen molar-refractivity contribution in [3.8, 4) is 0 Å². The number of hydrogen-bond donors (Lipinski definition) is 1. The fraction of sp³-hybridized carbons (Fsp3) is 0.667. The molecule has 1 saturated heterocycles. The second kappa shape index (κ2) is 3.26. The Morgan fingerprint density at radius 2 is 2.42 bits per heavy atom. The highest BCUT2D eigenvalue weighted by atomic mass is 35.5. The molecule has 12 heavy (non-hydrogen) atoms. The quantitative estimate of drug-likeness (QED) is 0.755. The molecule has 1 aliphatic rings. The van der Waals surface area contributed by atoms with E-state index in [9.17, 15) is 0 Å². The van der Waals surface area contributed by atoms with Crippen LogP contribution < -0.4 is 5.73 Å². The summed E-state index contributed by atoms with van der Waals surface area (Å²) in [6.07, 6.45) is 0. The Bertz CT molecular complexity index is 270. The molecule has 0 bridgehead atoms. The van der Waals surface area contributed by atoms with Crippen LogP contribution in [0.2, 0.25) is 4.34 Å². The highest BCUT2D eigenvalue weighted by Gasteiger charge is 2.24. The Morgan fingerprint density at radius 3 is 2.92 bits per heavy atom. The predicted octanol–water partition coefficient (Wildman–Crippen LogP) is 0.334. The molecule has 2 heterocycles. The smallest absolute Gasteiger partial charge is 0.138 e. The molecular formula is C6H9ClN4S. The van der Waals surface area contributed by atoms with Gasteiger partial charge in [0.05, 0.1) is 0 Å². The number of likely N-dealkylation sites (tertiary alicyclic amines) is 1. The van der Waals surface area contributed by atoms with E-state index in [4.69, 9.17) is 17.3 Å².